The molecule has 0 aliphatic heterocycles. The molecule has 0 saturated heterocycles. The van der Waals surface area contributed by atoms with Crippen molar-refractivity contribution in [2.45, 2.75) is 43.8 Å². The largest absolute Gasteiger partial charge is 0.480 e. The van der Waals surface area contributed by atoms with Gasteiger partial charge in [-0.25, -0.2) is 4.79 Å². The van der Waals surface area contributed by atoms with Crippen molar-refractivity contribution in [2.24, 2.45) is 22.2 Å². The molecule has 34 heavy (non-hydrogen) atoms. The van der Waals surface area contributed by atoms with Crippen molar-refractivity contribution >= 4 is 23.7 Å². The topological polar surface area (TPSA) is 186 Å². The summed E-state index contributed by atoms with van der Waals surface area (Å²) in [4.78, 5) is 41.4. The van der Waals surface area contributed by atoms with Gasteiger partial charge in [0.25, 0.3) is 0 Å². The van der Waals surface area contributed by atoms with E-state index in [1.165, 1.54) is 0 Å². The number of hydrogen-bond acceptors (Lipinski definition) is 5. The molecule has 0 saturated carbocycles. The summed E-state index contributed by atoms with van der Waals surface area (Å²) in [6.45, 7) is 0.330. The number of nitrogens with two attached hydrogens (primary N) is 3. The Morgan fingerprint density at radius 3 is 1.82 bits per heavy atom. The number of nitrogens with one attached hydrogen (secondary N) is 2. The van der Waals surface area contributed by atoms with Crippen LogP contribution < -0.4 is 27.8 Å². The number of nitrogens with zero attached hydrogens (tertiary/aromatic N) is 1. The van der Waals surface area contributed by atoms with Crippen molar-refractivity contribution in [1.82, 2.24) is 10.6 Å². The van der Waals surface area contributed by atoms with E-state index in [0.717, 1.165) is 11.1 Å². The van der Waals surface area contributed by atoms with E-state index in [1.807, 2.05) is 36.4 Å². The van der Waals surface area contributed by atoms with Gasteiger partial charge in [0.05, 0.1) is 6.04 Å². The minimum atomic E-state index is -1.17. The number of aliphatic carboxylic acids is 1. The van der Waals surface area contributed by atoms with Crippen LogP contribution in [-0.4, -0.2) is 53.5 Å². The maximum absolute atomic E-state index is 13.1. The highest BCUT2D eigenvalue weighted by Crippen LogP contribution is 2.08. The van der Waals surface area contributed by atoms with Crippen LogP contribution in [0.25, 0.3) is 0 Å². The predicted molar refractivity (Wildman–Crippen MR) is 130 cm³/mol. The fourth-order valence-electron chi connectivity index (χ4n) is 3.31. The lowest BCUT2D eigenvalue weighted by atomic mass is 10.0. The lowest BCUT2D eigenvalue weighted by Gasteiger charge is -2.23. The number of carboxylic acid groups (broad SMARTS) is 1. The van der Waals surface area contributed by atoms with Gasteiger partial charge < -0.3 is 32.9 Å². The predicted octanol–water partition coefficient (Wildman–Crippen LogP) is -0.0931. The van der Waals surface area contributed by atoms with Gasteiger partial charge >= 0.3 is 5.97 Å². The average molecular weight is 469 g/mol. The highest BCUT2D eigenvalue weighted by Gasteiger charge is 2.28. The van der Waals surface area contributed by atoms with Crippen molar-refractivity contribution in [2.75, 3.05) is 6.54 Å². The molecule has 0 aromatic heterocycles. The minimum Gasteiger partial charge on any atom is -0.480 e. The average Bonchev–Trinajstić information content (AvgIpc) is 2.81. The van der Waals surface area contributed by atoms with Crippen LogP contribution in [0.1, 0.15) is 24.0 Å². The second-order valence-corrected chi connectivity index (χ2v) is 7.90. The van der Waals surface area contributed by atoms with E-state index >= 15 is 0 Å². The fraction of sp³-hybridized carbons (Fsp3) is 0.333. The van der Waals surface area contributed by atoms with E-state index in [-0.39, 0.29) is 18.8 Å². The molecule has 0 aliphatic rings. The molecule has 182 valence electrons. The van der Waals surface area contributed by atoms with Crippen molar-refractivity contribution in [3.8, 4) is 0 Å². The number of guanidine groups is 1. The van der Waals surface area contributed by atoms with Gasteiger partial charge in [-0.15, -0.1) is 0 Å². The van der Waals surface area contributed by atoms with Gasteiger partial charge in [0.2, 0.25) is 11.8 Å². The standard InChI is InChI=1S/C24H32N6O4/c25-18(12-7-13-28-24(26)27)21(31)29-19(14-16-8-3-1-4-9-16)22(32)30-20(23(33)34)15-17-10-5-2-6-11-17/h1-6,8-11,18-20H,7,12-15,25H2,(H,29,31)(H,30,32)(H,33,34)(H4,26,27,28)/t18-,19+,20-/m0/s1. The van der Waals surface area contributed by atoms with E-state index in [9.17, 15) is 19.5 Å². The van der Waals surface area contributed by atoms with Gasteiger partial charge in [-0.1, -0.05) is 60.7 Å². The zero-order valence-electron chi connectivity index (χ0n) is 18.9. The van der Waals surface area contributed by atoms with Gasteiger partial charge in [-0.05, 0) is 24.0 Å². The first kappa shape index (κ1) is 26.3. The summed E-state index contributed by atoms with van der Waals surface area (Å²) in [7, 11) is 0. The summed E-state index contributed by atoms with van der Waals surface area (Å²) in [6, 6.07) is 15.1. The summed E-state index contributed by atoms with van der Waals surface area (Å²) in [6.07, 6.45) is 1.09. The lowest BCUT2D eigenvalue weighted by molar-refractivity contribution is -0.142. The Kier molecular flexibility index (Phi) is 10.5. The fourth-order valence-corrected chi connectivity index (χ4v) is 3.31. The molecule has 0 unspecified atom stereocenters. The van der Waals surface area contributed by atoms with Crippen LogP contribution in [0.5, 0.6) is 0 Å². The number of aliphatic imine (C=N–C) groups is 1. The van der Waals surface area contributed by atoms with Gasteiger partial charge in [-0.3, -0.25) is 14.6 Å². The molecule has 10 heteroatoms. The van der Waals surface area contributed by atoms with Crippen LogP contribution in [-0.2, 0) is 27.2 Å². The second-order valence-electron chi connectivity index (χ2n) is 7.90. The summed E-state index contributed by atoms with van der Waals surface area (Å²) < 4.78 is 0. The Morgan fingerprint density at radius 2 is 1.32 bits per heavy atom. The summed E-state index contributed by atoms with van der Waals surface area (Å²) >= 11 is 0. The zero-order chi connectivity index (χ0) is 24.9. The van der Waals surface area contributed by atoms with Crippen molar-refractivity contribution < 1.29 is 19.5 Å². The molecule has 2 aromatic rings. The SMILES string of the molecule is NC(N)=NCCC[C@H](N)C(=O)N[C@H](Cc1ccccc1)C(=O)N[C@@H](Cc1ccccc1)C(=O)O. The monoisotopic (exact) mass is 468 g/mol. The zero-order valence-corrected chi connectivity index (χ0v) is 18.9. The van der Waals surface area contributed by atoms with Gasteiger partial charge in [0.1, 0.15) is 12.1 Å². The van der Waals surface area contributed by atoms with Crippen LogP contribution in [0.15, 0.2) is 65.7 Å². The van der Waals surface area contributed by atoms with E-state index in [1.54, 1.807) is 24.3 Å². The number of carbonyl (C=O) groups excluding carboxylic acids is 2. The Labute approximate surface area is 198 Å². The number of benzene rings is 2. The van der Waals surface area contributed by atoms with Gasteiger partial charge in [0, 0.05) is 19.4 Å². The molecule has 2 aromatic carbocycles. The maximum atomic E-state index is 13.1. The Bertz CT molecular complexity index is 964. The molecule has 0 heterocycles. The van der Waals surface area contributed by atoms with Crippen LogP contribution in [0.4, 0.5) is 0 Å². The summed E-state index contributed by atoms with van der Waals surface area (Å²) in [5, 5.41) is 14.9. The summed E-state index contributed by atoms with van der Waals surface area (Å²) in [5.74, 6) is -2.33. The molecule has 3 atom stereocenters. The number of hydrogen-bond donors (Lipinski definition) is 6. The van der Waals surface area contributed by atoms with Crippen molar-refractivity contribution in [3.05, 3.63) is 71.8 Å². The molecule has 0 fully saturated rings. The van der Waals surface area contributed by atoms with E-state index in [2.05, 4.69) is 15.6 Å². The molecular weight excluding hydrogens is 436 g/mol. The Hall–Kier alpha value is -3.92. The van der Waals surface area contributed by atoms with Gasteiger partial charge in [-0.2, -0.15) is 0 Å². The molecule has 2 amide bonds. The normalized spacial score (nSPS) is 13.2. The molecule has 0 radical (unpaired) electrons. The minimum absolute atomic E-state index is 0.0406. The maximum Gasteiger partial charge on any atom is 0.326 e. The number of carbonyl (C=O) groups is 3. The third kappa shape index (κ3) is 9.29. The third-order valence-corrected chi connectivity index (χ3v) is 5.12. The van der Waals surface area contributed by atoms with E-state index in [4.69, 9.17) is 17.2 Å². The van der Waals surface area contributed by atoms with Crippen LogP contribution in [0.2, 0.25) is 0 Å². The molecular formula is C24H32N6O4. The van der Waals surface area contributed by atoms with Crippen LogP contribution in [0, 0.1) is 0 Å². The van der Waals surface area contributed by atoms with E-state index < -0.39 is 35.9 Å². The number of rotatable bonds is 13. The lowest BCUT2D eigenvalue weighted by Crippen LogP contribution is -2.55. The van der Waals surface area contributed by atoms with E-state index in [0.29, 0.717) is 19.4 Å². The number of amides is 2. The smallest absolute Gasteiger partial charge is 0.326 e. The first-order chi connectivity index (χ1) is 16.3. The molecule has 0 aliphatic carbocycles. The first-order valence-corrected chi connectivity index (χ1v) is 11.0. The quantitative estimate of drug-likeness (QED) is 0.135. The molecule has 0 bridgehead atoms. The second kappa shape index (κ2) is 13.6. The van der Waals surface area contributed by atoms with Crippen LogP contribution >= 0.6 is 0 Å². The highest BCUT2D eigenvalue weighted by molar-refractivity contribution is 5.92. The number of carboxylic acids is 1. The molecule has 10 nitrogen and oxygen atoms in total. The first-order valence-electron chi connectivity index (χ1n) is 11.0. The Balaban J connectivity index is 2.08. The molecule has 9 N–H and O–H groups in total. The van der Waals surface area contributed by atoms with Crippen molar-refractivity contribution in [3.63, 3.8) is 0 Å². The summed E-state index contributed by atoms with van der Waals surface area (Å²) in [5.41, 5.74) is 18.1. The highest BCUT2D eigenvalue weighted by atomic mass is 16.4. The van der Waals surface area contributed by atoms with Gasteiger partial charge in [0.15, 0.2) is 5.96 Å². The molecule has 0 spiro atoms. The Morgan fingerprint density at radius 1 is 0.824 bits per heavy atom. The third-order valence-electron chi connectivity index (χ3n) is 5.12. The molecule has 2 rings (SSSR count). The van der Waals surface area contributed by atoms with Crippen LogP contribution in [0.3, 0.4) is 0 Å². The van der Waals surface area contributed by atoms with Crippen molar-refractivity contribution in [1.29, 1.82) is 0 Å².